The standard InChI is InChI=1S/C21H19ClN4O2/c22-20-18(12-23-24-21(20)28)25-9-10-26(19(27)14-25)13-15-5-4-8-17(11-15)16-6-2-1-3-7-16/h1-8,11-12H,9-10,13-14H2,(H,24,28). The van der Waals surface area contributed by atoms with Gasteiger partial charge in [0.1, 0.15) is 5.02 Å². The molecule has 1 aliphatic rings. The topological polar surface area (TPSA) is 69.3 Å². The van der Waals surface area contributed by atoms with Crippen molar-refractivity contribution in [1.29, 1.82) is 0 Å². The van der Waals surface area contributed by atoms with Crippen LogP contribution in [0.3, 0.4) is 0 Å². The molecular formula is C21H19ClN4O2. The number of halogens is 1. The van der Waals surface area contributed by atoms with Gasteiger partial charge in [0.15, 0.2) is 0 Å². The molecule has 0 atom stereocenters. The zero-order valence-electron chi connectivity index (χ0n) is 15.1. The maximum atomic E-state index is 12.7. The molecule has 4 rings (SSSR count). The third kappa shape index (κ3) is 3.77. The molecule has 1 N–H and O–H groups in total. The molecule has 28 heavy (non-hydrogen) atoms. The summed E-state index contributed by atoms with van der Waals surface area (Å²) in [5.74, 6) is -0.00675. The first kappa shape index (κ1) is 18.3. The summed E-state index contributed by atoms with van der Waals surface area (Å²) >= 11 is 6.07. The molecule has 0 aliphatic carbocycles. The molecule has 6 nitrogen and oxygen atoms in total. The summed E-state index contributed by atoms with van der Waals surface area (Å²) in [7, 11) is 0. The highest BCUT2D eigenvalue weighted by atomic mass is 35.5. The molecule has 0 saturated carbocycles. The SMILES string of the molecule is O=C1CN(c2cn[nH]c(=O)c2Cl)CCN1Cc1cccc(-c2ccccc2)c1. The minimum absolute atomic E-state index is 0.00675. The molecular weight excluding hydrogens is 376 g/mol. The van der Waals surface area contributed by atoms with E-state index in [2.05, 4.69) is 34.5 Å². The first-order valence-electron chi connectivity index (χ1n) is 9.02. The van der Waals surface area contributed by atoms with E-state index in [1.807, 2.05) is 35.2 Å². The van der Waals surface area contributed by atoms with Crippen molar-refractivity contribution in [2.24, 2.45) is 0 Å². The number of nitrogens with zero attached hydrogens (tertiary/aromatic N) is 3. The minimum Gasteiger partial charge on any atom is -0.358 e. The van der Waals surface area contributed by atoms with Crippen molar-refractivity contribution >= 4 is 23.2 Å². The number of piperazine rings is 1. The van der Waals surface area contributed by atoms with Crippen molar-refractivity contribution in [1.82, 2.24) is 15.1 Å². The van der Waals surface area contributed by atoms with Crippen molar-refractivity contribution < 1.29 is 4.79 Å². The number of anilines is 1. The number of aromatic nitrogens is 2. The fourth-order valence-electron chi connectivity index (χ4n) is 3.38. The fourth-order valence-corrected chi connectivity index (χ4v) is 3.59. The van der Waals surface area contributed by atoms with Crippen molar-refractivity contribution in [3.05, 3.63) is 81.7 Å². The Morgan fingerprint density at radius 2 is 1.79 bits per heavy atom. The highest BCUT2D eigenvalue weighted by molar-refractivity contribution is 6.33. The Morgan fingerprint density at radius 1 is 1.00 bits per heavy atom. The molecule has 1 fully saturated rings. The van der Waals surface area contributed by atoms with Crippen LogP contribution in [-0.4, -0.2) is 40.6 Å². The number of amides is 1. The number of aromatic amines is 1. The highest BCUT2D eigenvalue weighted by Gasteiger charge is 2.26. The summed E-state index contributed by atoms with van der Waals surface area (Å²) in [5.41, 5.74) is 3.40. The number of benzene rings is 2. The maximum absolute atomic E-state index is 12.7. The van der Waals surface area contributed by atoms with Crippen LogP contribution in [0.5, 0.6) is 0 Å². The number of carbonyl (C=O) groups is 1. The number of hydrogen-bond acceptors (Lipinski definition) is 4. The van der Waals surface area contributed by atoms with Gasteiger partial charge in [-0.3, -0.25) is 9.59 Å². The molecule has 7 heteroatoms. The zero-order chi connectivity index (χ0) is 19.5. The molecule has 0 unspecified atom stereocenters. The van der Waals surface area contributed by atoms with Gasteiger partial charge in [-0.05, 0) is 22.8 Å². The number of H-pyrrole nitrogens is 1. The van der Waals surface area contributed by atoms with E-state index in [4.69, 9.17) is 11.6 Å². The number of hydrogen-bond donors (Lipinski definition) is 1. The summed E-state index contributed by atoms with van der Waals surface area (Å²) in [6.45, 7) is 1.87. The van der Waals surface area contributed by atoms with Gasteiger partial charge in [0.05, 0.1) is 18.4 Å². The van der Waals surface area contributed by atoms with Crippen molar-refractivity contribution in [3.8, 4) is 11.1 Å². The predicted molar refractivity (Wildman–Crippen MR) is 109 cm³/mol. The third-order valence-corrected chi connectivity index (χ3v) is 5.21. The van der Waals surface area contributed by atoms with E-state index in [-0.39, 0.29) is 17.5 Å². The Hall–Kier alpha value is -3.12. The third-order valence-electron chi connectivity index (χ3n) is 4.84. The van der Waals surface area contributed by atoms with Gasteiger partial charge in [0.25, 0.3) is 5.56 Å². The summed E-state index contributed by atoms with van der Waals surface area (Å²) in [6, 6.07) is 18.4. The lowest BCUT2D eigenvalue weighted by atomic mass is 10.0. The largest absolute Gasteiger partial charge is 0.358 e. The lowest BCUT2D eigenvalue weighted by Gasteiger charge is -2.35. The monoisotopic (exact) mass is 394 g/mol. The van der Waals surface area contributed by atoms with Crippen LogP contribution in [0.4, 0.5) is 5.69 Å². The van der Waals surface area contributed by atoms with Gasteiger partial charge >= 0.3 is 0 Å². The smallest absolute Gasteiger partial charge is 0.285 e. The number of nitrogens with one attached hydrogen (secondary N) is 1. The molecule has 142 valence electrons. The van der Waals surface area contributed by atoms with Crippen LogP contribution < -0.4 is 10.5 Å². The van der Waals surface area contributed by atoms with E-state index in [9.17, 15) is 9.59 Å². The number of rotatable bonds is 4. The Balaban J connectivity index is 1.47. The predicted octanol–water partition coefficient (Wildman–Crippen LogP) is 2.94. The summed E-state index contributed by atoms with van der Waals surface area (Å²) in [6.07, 6.45) is 1.48. The Bertz CT molecular complexity index is 1050. The van der Waals surface area contributed by atoms with Crippen LogP contribution in [0.1, 0.15) is 5.56 Å². The fraction of sp³-hybridized carbons (Fsp3) is 0.190. The van der Waals surface area contributed by atoms with Crippen molar-refractivity contribution in [2.45, 2.75) is 6.54 Å². The molecule has 2 heterocycles. The van der Waals surface area contributed by atoms with E-state index in [1.54, 1.807) is 4.90 Å². The van der Waals surface area contributed by atoms with Crippen LogP contribution in [0.2, 0.25) is 5.02 Å². The first-order valence-corrected chi connectivity index (χ1v) is 9.40. The second-order valence-electron chi connectivity index (χ2n) is 6.70. The van der Waals surface area contributed by atoms with Gasteiger partial charge in [0.2, 0.25) is 5.91 Å². The molecule has 3 aromatic rings. The molecule has 0 radical (unpaired) electrons. The Kier molecular flexibility index (Phi) is 5.12. The molecule has 0 spiro atoms. The summed E-state index contributed by atoms with van der Waals surface area (Å²) in [5, 5.41) is 6.13. The van der Waals surface area contributed by atoms with Gasteiger partial charge < -0.3 is 9.80 Å². The van der Waals surface area contributed by atoms with E-state index in [0.717, 1.165) is 16.7 Å². The van der Waals surface area contributed by atoms with E-state index in [1.165, 1.54) is 6.20 Å². The maximum Gasteiger partial charge on any atom is 0.285 e. The summed E-state index contributed by atoms with van der Waals surface area (Å²) < 4.78 is 0. The Labute approximate surface area is 167 Å². The molecule has 1 saturated heterocycles. The van der Waals surface area contributed by atoms with Crippen LogP contribution >= 0.6 is 11.6 Å². The van der Waals surface area contributed by atoms with Gasteiger partial charge in [-0.2, -0.15) is 5.10 Å². The van der Waals surface area contributed by atoms with Crippen LogP contribution in [-0.2, 0) is 11.3 Å². The Morgan fingerprint density at radius 3 is 2.57 bits per heavy atom. The molecule has 2 aromatic carbocycles. The van der Waals surface area contributed by atoms with Gasteiger partial charge in [-0.25, -0.2) is 5.10 Å². The van der Waals surface area contributed by atoms with Crippen LogP contribution in [0.25, 0.3) is 11.1 Å². The zero-order valence-corrected chi connectivity index (χ0v) is 15.9. The van der Waals surface area contributed by atoms with Gasteiger partial charge in [0, 0.05) is 19.6 Å². The molecule has 1 aliphatic heterocycles. The lowest BCUT2D eigenvalue weighted by Crippen LogP contribution is -2.50. The van der Waals surface area contributed by atoms with Crippen LogP contribution in [0, 0.1) is 0 Å². The van der Waals surface area contributed by atoms with E-state index in [0.29, 0.717) is 25.3 Å². The lowest BCUT2D eigenvalue weighted by molar-refractivity contribution is -0.131. The second kappa shape index (κ2) is 7.86. The molecule has 0 bridgehead atoms. The van der Waals surface area contributed by atoms with Crippen LogP contribution in [0.15, 0.2) is 65.6 Å². The van der Waals surface area contributed by atoms with Crippen molar-refractivity contribution in [3.63, 3.8) is 0 Å². The minimum atomic E-state index is -0.452. The van der Waals surface area contributed by atoms with Gasteiger partial charge in [-0.1, -0.05) is 60.1 Å². The average molecular weight is 395 g/mol. The van der Waals surface area contributed by atoms with E-state index >= 15 is 0 Å². The summed E-state index contributed by atoms with van der Waals surface area (Å²) in [4.78, 5) is 27.9. The van der Waals surface area contributed by atoms with E-state index < -0.39 is 5.56 Å². The average Bonchev–Trinajstić information content (AvgIpc) is 2.72. The molecule has 1 aromatic heterocycles. The normalized spacial score (nSPS) is 14.4. The number of carbonyl (C=O) groups excluding carboxylic acids is 1. The first-order chi connectivity index (χ1) is 13.6. The highest BCUT2D eigenvalue weighted by Crippen LogP contribution is 2.24. The van der Waals surface area contributed by atoms with Gasteiger partial charge in [-0.15, -0.1) is 0 Å². The molecule has 1 amide bonds. The quantitative estimate of drug-likeness (QED) is 0.738. The second-order valence-corrected chi connectivity index (χ2v) is 7.08. The van der Waals surface area contributed by atoms with Crippen molar-refractivity contribution in [2.75, 3.05) is 24.5 Å².